The molecular weight excluding hydrogens is 499 g/mol. The summed E-state index contributed by atoms with van der Waals surface area (Å²) in [6, 6.07) is 11.1. The van der Waals surface area contributed by atoms with Crippen molar-refractivity contribution in [2.45, 2.75) is 78.4 Å². The second-order valence-electron chi connectivity index (χ2n) is 9.57. The number of ether oxygens (including phenoxy) is 1. The SMILES string of the molecule is CC[C@H](C(=O)N[C@@H](C)CC)N(Cc1ccc(F)cc1)C(=O)COc1ccc(C(C)(C)C)cc1Br. The second kappa shape index (κ2) is 12.3. The first-order chi connectivity index (χ1) is 16.0. The fraction of sp³-hybridized carbons (Fsp3) is 0.481. The highest BCUT2D eigenvalue weighted by Gasteiger charge is 2.29. The molecular formula is C27H36BrFN2O3. The molecule has 0 aromatic heterocycles. The summed E-state index contributed by atoms with van der Waals surface area (Å²) in [5, 5.41) is 2.97. The lowest BCUT2D eigenvalue weighted by Gasteiger charge is -2.31. The van der Waals surface area contributed by atoms with Crippen molar-refractivity contribution in [1.82, 2.24) is 10.2 Å². The molecule has 0 spiro atoms. The maximum absolute atomic E-state index is 13.4. The van der Waals surface area contributed by atoms with Crippen LogP contribution in [-0.2, 0) is 21.5 Å². The number of carbonyl (C=O) groups is 2. The van der Waals surface area contributed by atoms with Crippen molar-refractivity contribution in [1.29, 1.82) is 0 Å². The molecule has 0 aliphatic heterocycles. The highest BCUT2D eigenvalue weighted by Crippen LogP contribution is 2.31. The van der Waals surface area contributed by atoms with E-state index in [4.69, 9.17) is 4.74 Å². The number of benzene rings is 2. The third kappa shape index (κ3) is 7.83. The molecule has 0 radical (unpaired) electrons. The third-order valence-electron chi connectivity index (χ3n) is 5.80. The standard InChI is InChI=1S/C27H36BrFN2O3/c1-7-18(3)30-26(33)23(8-2)31(16-19-9-12-21(29)13-10-19)25(32)17-34-24-14-11-20(15-22(24)28)27(4,5)6/h9-15,18,23H,7-8,16-17H2,1-6H3,(H,30,33)/t18-,23+/m0/s1. The van der Waals surface area contributed by atoms with Crippen molar-refractivity contribution in [3.05, 3.63) is 63.9 Å². The largest absolute Gasteiger partial charge is 0.483 e. The van der Waals surface area contributed by atoms with Crippen LogP contribution in [0.3, 0.4) is 0 Å². The summed E-state index contributed by atoms with van der Waals surface area (Å²) in [7, 11) is 0. The maximum atomic E-state index is 13.4. The third-order valence-corrected chi connectivity index (χ3v) is 6.42. The molecule has 2 atom stereocenters. The Labute approximate surface area is 211 Å². The number of carbonyl (C=O) groups excluding carboxylic acids is 2. The molecule has 2 amide bonds. The number of hydrogen-bond donors (Lipinski definition) is 1. The summed E-state index contributed by atoms with van der Waals surface area (Å²) >= 11 is 3.54. The van der Waals surface area contributed by atoms with E-state index in [0.29, 0.717) is 12.2 Å². The first kappa shape index (κ1) is 27.8. The predicted molar refractivity (Wildman–Crippen MR) is 137 cm³/mol. The second-order valence-corrected chi connectivity index (χ2v) is 10.4. The van der Waals surface area contributed by atoms with Gasteiger partial charge in [-0.25, -0.2) is 4.39 Å². The number of amides is 2. The zero-order chi connectivity index (χ0) is 25.5. The van der Waals surface area contributed by atoms with E-state index >= 15 is 0 Å². The Bertz CT molecular complexity index is 973. The van der Waals surface area contributed by atoms with Crippen LogP contribution in [0.2, 0.25) is 0 Å². The van der Waals surface area contributed by atoms with Crippen LogP contribution < -0.4 is 10.1 Å². The first-order valence-corrected chi connectivity index (χ1v) is 12.5. The van der Waals surface area contributed by atoms with E-state index in [9.17, 15) is 14.0 Å². The number of nitrogens with zero attached hydrogens (tertiary/aromatic N) is 1. The normalized spacial score (nSPS) is 13.2. The van der Waals surface area contributed by atoms with Crippen LogP contribution >= 0.6 is 15.9 Å². The average Bonchev–Trinajstić information content (AvgIpc) is 2.78. The smallest absolute Gasteiger partial charge is 0.261 e. The molecule has 0 bridgehead atoms. The summed E-state index contributed by atoms with van der Waals surface area (Å²) in [5.74, 6) is -0.319. The first-order valence-electron chi connectivity index (χ1n) is 11.7. The van der Waals surface area contributed by atoms with Gasteiger partial charge in [0.1, 0.15) is 17.6 Å². The number of halogens is 2. The zero-order valence-corrected chi connectivity index (χ0v) is 22.5. The van der Waals surface area contributed by atoms with Gasteiger partial charge in [0.15, 0.2) is 6.61 Å². The van der Waals surface area contributed by atoms with Gasteiger partial charge >= 0.3 is 0 Å². The minimum atomic E-state index is -0.665. The van der Waals surface area contributed by atoms with E-state index in [-0.39, 0.29) is 42.2 Å². The molecule has 0 fully saturated rings. The Kier molecular flexibility index (Phi) is 10.1. The lowest BCUT2D eigenvalue weighted by atomic mass is 9.87. The van der Waals surface area contributed by atoms with Crippen molar-refractivity contribution in [3.63, 3.8) is 0 Å². The van der Waals surface area contributed by atoms with E-state index in [1.165, 1.54) is 17.0 Å². The van der Waals surface area contributed by atoms with Gasteiger partial charge in [0.25, 0.3) is 5.91 Å². The fourth-order valence-corrected chi connectivity index (χ4v) is 3.95. The molecule has 0 saturated heterocycles. The minimum absolute atomic E-state index is 0.00198. The summed E-state index contributed by atoms with van der Waals surface area (Å²) < 4.78 is 20.0. The van der Waals surface area contributed by atoms with Gasteiger partial charge in [0, 0.05) is 12.6 Å². The molecule has 7 heteroatoms. The van der Waals surface area contributed by atoms with Gasteiger partial charge in [0.2, 0.25) is 5.91 Å². The van der Waals surface area contributed by atoms with Crippen LogP contribution in [-0.4, -0.2) is 35.4 Å². The highest BCUT2D eigenvalue weighted by molar-refractivity contribution is 9.10. The van der Waals surface area contributed by atoms with Gasteiger partial charge in [-0.05, 0) is 76.5 Å². The van der Waals surface area contributed by atoms with Crippen molar-refractivity contribution >= 4 is 27.7 Å². The Morgan fingerprint density at radius 3 is 2.26 bits per heavy atom. The van der Waals surface area contributed by atoms with Crippen molar-refractivity contribution in [2.75, 3.05) is 6.61 Å². The van der Waals surface area contributed by atoms with Crippen LogP contribution in [0.5, 0.6) is 5.75 Å². The summed E-state index contributed by atoms with van der Waals surface area (Å²) in [6.07, 6.45) is 1.23. The molecule has 186 valence electrons. The summed E-state index contributed by atoms with van der Waals surface area (Å²) in [6.45, 7) is 12.1. The molecule has 2 aromatic rings. The topological polar surface area (TPSA) is 58.6 Å². The van der Waals surface area contributed by atoms with Gasteiger partial charge in [-0.2, -0.15) is 0 Å². The molecule has 1 N–H and O–H groups in total. The van der Waals surface area contributed by atoms with E-state index in [0.717, 1.165) is 22.0 Å². The molecule has 0 saturated carbocycles. The van der Waals surface area contributed by atoms with E-state index in [1.54, 1.807) is 12.1 Å². The van der Waals surface area contributed by atoms with E-state index < -0.39 is 6.04 Å². The Morgan fingerprint density at radius 1 is 1.09 bits per heavy atom. The summed E-state index contributed by atoms with van der Waals surface area (Å²) in [4.78, 5) is 27.8. The van der Waals surface area contributed by atoms with Crippen LogP contribution in [0.1, 0.15) is 65.5 Å². The molecule has 2 aromatic carbocycles. The number of rotatable bonds is 10. The predicted octanol–water partition coefficient (Wildman–Crippen LogP) is 5.99. The fourth-order valence-electron chi connectivity index (χ4n) is 3.45. The van der Waals surface area contributed by atoms with Crippen LogP contribution in [0.15, 0.2) is 46.9 Å². The van der Waals surface area contributed by atoms with Gasteiger partial charge in [-0.3, -0.25) is 9.59 Å². The highest BCUT2D eigenvalue weighted by atomic mass is 79.9. The van der Waals surface area contributed by atoms with Gasteiger partial charge in [-0.1, -0.05) is 52.8 Å². The van der Waals surface area contributed by atoms with Crippen molar-refractivity contribution < 1.29 is 18.7 Å². The van der Waals surface area contributed by atoms with Gasteiger partial charge in [0.05, 0.1) is 4.47 Å². The Hall–Kier alpha value is -2.41. The molecule has 0 aliphatic carbocycles. The lowest BCUT2D eigenvalue weighted by molar-refractivity contribution is -0.143. The minimum Gasteiger partial charge on any atom is -0.483 e. The zero-order valence-electron chi connectivity index (χ0n) is 21.0. The monoisotopic (exact) mass is 534 g/mol. The van der Waals surface area contributed by atoms with Crippen molar-refractivity contribution in [2.24, 2.45) is 0 Å². The van der Waals surface area contributed by atoms with E-state index in [1.807, 2.05) is 39.0 Å². The molecule has 0 heterocycles. The average molecular weight is 535 g/mol. The van der Waals surface area contributed by atoms with Crippen LogP contribution in [0, 0.1) is 5.82 Å². The maximum Gasteiger partial charge on any atom is 0.261 e. The molecule has 0 unspecified atom stereocenters. The molecule has 0 aliphatic rings. The molecule has 2 rings (SSSR count). The van der Waals surface area contributed by atoms with Crippen LogP contribution in [0.25, 0.3) is 0 Å². The van der Waals surface area contributed by atoms with E-state index in [2.05, 4.69) is 42.0 Å². The Balaban J connectivity index is 2.24. The lowest BCUT2D eigenvalue weighted by Crippen LogP contribution is -2.51. The Morgan fingerprint density at radius 2 is 1.74 bits per heavy atom. The molecule has 5 nitrogen and oxygen atoms in total. The van der Waals surface area contributed by atoms with Crippen LogP contribution in [0.4, 0.5) is 4.39 Å². The summed E-state index contributed by atoms with van der Waals surface area (Å²) in [5.41, 5.74) is 1.86. The number of hydrogen-bond acceptors (Lipinski definition) is 3. The van der Waals surface area contributed by atoms with Gasteiger partial charge in [-0.15, -0.1) is 0 Å². The number of nitrogens with one attached hydrogen (secondary N) is 1. The quantitative estimate of drug-likeness (QED) is 0.407. The van der Waals surface area contributed by atoms with Crippen molar-refractivity contribution in [3.8, 4) is 5.75 Å². The molecule has 34 heavy (non-hydrogen) atoms. The van der Waals surface area contributed by atoms with Gasteiger partial charge < -0.3 is 15.0 Å².